The van der Waals surface area contributed by atoms with Gasteiger partial charge in [0.05, 0.1) is 17.6 Å². The third-order valence-corrected chi connectivity index (χ3v) is 5.30. The minimum Gasteiger partial charge on any atom is -0.459 e. The molecule has 33 heavy (non-hydrogen) atoms. The van der Waals surface area contributed by atoms with Crippen molar-refractivity contribution in [3.05, 3.63) is 72.2 Å². The normalized spacial score (nSPS) is 14.2. The lowest BCUT2D eigenvalue weighted by atomic mass is 10.3. The zero-order valence-corrected chi connectivity index (χ0v) is 20.8. The highest BCUT2D eigenvalue weighted by atomic mass is 127. The second kappa shape index (κ2) is 11.8. The number of benzene rings is 1. The number of aliphatic imine (C=N–C) groups is 1. The molecule has 1 aromatic carbocycles. The van der Waals surface area contributed by atoms with Gasteiger partial charge in [0, 0.05) is 51.9 Å². The first-order chi connectivity index (χ1) is 15.6. The Morgan fingerprint density at radius 3 is 2.52 bits per heavy atom. The third kappa shape index (κ3) is 6.34. The van der Waals surface area contributed by atoms with Crippen LogP contribution in [0.4, 0.5) is 4.39 Å². The lowest BCUT2D eigenvalue weighted by Crippen LogP contribution is -2.53. The van der Waals surface area contributed by atoms with Crippen molar-refractivity contribution in [2.45, 2.75) is 13.3 Å². The highest BCUT2D eigenvalue weighted by molar-refractivity contribution is 14.0. The fraction of sp³-hybridized carbons (Fsp3) is 0.348. The molecule has 1 aliphatic heterocycles. The molecular formula is C23H28FIN6O2. The summed E-state index contributed by atoms with van der Waals surface area (Å²) in [5.41, 5.74) is 1.74. The van der Waals surface area contributed by atoms with Gasteiger partial charge >= 0.3 is 0 Å². The minimum absolute atomic E-state index is 0. The molecule has 3 aromatic rings. The van der Waals surface area contributed by atoms with Crippen molar-refractivity contribution in [3.63, 3.8) is 0 Å². The Balaban J connectivity index is 0.00000306. The predicted octanol–water partition coefficient (Wildman–Crippen LogP) is 3.19. The zero-order valence-electron chi connectivity index (χ0n) is 18.5. The molecule has 4 rings (SSSR count). The average Bonchev–Trinajstić information content (AvgIpc) is 3.51. The quantitative estimate of drug-likeness (QED) is 0.282. The summed E-state index contributed by atoms with van der Waals surface area (Å²) in [7, 11) is 0. The van der Waals surface area contributed by atoms with E-state index in [1.807, 2.05) is 19.2 Å². The van der Waals surface area contributed by atoms with Gasteiger partial charge in [-0.2, -0.15) is 5.10 Å². The number of halogens is 2. The second-order valence-electron chi connectivity index (χ2n) is 7.47. The Kier molecular flexibility index (Phi) is 8.87. The summed E-state index contributed by atoms with van der Waals surface area (Å²) in [5.74, 6) is 0.876. The first-order valence-corrected chi connectivity index (χ1v) is 10.8. The summed E-state index contributed by atoms with van der Waals surface area (Å²) in [6.45, 7) is 6.04. The SMILES string of the molecule is CCNC(=NCCc1ccn(-c2ccc(F)cc2)n1)N1CCN(C(=O)c2ccco2)CC1.I. The van der Waals surface area contributed by atoms with Gasteiger partial charge in [-0.1, -0.05) is 0 Å². The van der Waals surface area contributed by atoms with E-state index in [2.05, 4.69) is 15.3 Å². The first-order valence-electron chi connectivity index (χ1n) is 10.8. The van der Waals surface area contributed by atoms with E-state index >= 15 is 0 Å². The van der Waals surface area contributed by atoms with Gasteiger partial charge in [-0.3, -0.25) is 9.79 Å². The molecule has 2 aromatic heterocycles. The number of rotatable bonds is 6. The molecule has 0 unspecified atom stereocenters. The highest BCUT2D eigenvalue weighted by Crippen LogP contribution is 2.11. The van der Waals surface area contributed by atoms with Crippen LogP contribution in [0.2, 0.25) is 0 Å². The number of aromatic nitrogens is 2. The fourth-order valence-corrected chi connectivity index (χ4v) is 3.61. The number of nitrogens with zero attached hydrogens (tertiary/aromatic N) is 5. The number of amides is 1. The van der Waals surface area contributed by atoms with Crippen LogP contribution in [0, 0.1) is 5.82 Å². The monoisotopic (exact) mass is 566 g/mol. The number of nitrogens with one attached hydrogen (secondary N) is 1. The van der Waals surface area contributed by atoms with Crippen LogP contribution < -0.4 is 5.32 Å². The number of carbonyl (C=O) groups is 1. The molecule has 0 spiro atoms. The van der Waals surface area contributed by atoms with Crippen molar-refractivity contribution >= 4 is 35.8 Å². The number of piperazine rings is 1. The van der Waals surface area contributed by atoms with Crippen molar-refractivity contribution in [2.24, 2.45) is 4.99 Å². The average molecular weight is 566 g/mol. The lowest BCUT2D eigenvalue weighted by Gasteiger charge is -2.36. The summed E-state index contributed by atoms with van der Waals surface area (Å²) in [6.07, 6.45) is 4.08. The van der Waals surface area contributed by atoms with Crippen LogP contribution in [0.3, 0.4) is 0 Å². The Morgan fingerprint density at radius 2 is 1.85 bits per heavy atom. The van der Waals surface area contributed by atoms with E-state index in [1.165, 1.54) is 18.4 Å². The Bertz CT molecular complexity index is 1040. The van der Waals surface area contributed by atoms with Crippen LogP contribution >= 0.6 is 24.0 Å². The van der Waals surface area contributed by atoms with Gasteiger partial charge in [-0.05, 0) is 49.4 Å². The molecule has 0 saturated carbocycles. The summed E-state index contributed by atoms with van der Waals surface area (Å²) >= 11 is 0. The first kappa shape index (κ1) is 24.7. The van der Waals surface area contributed by atoms with Crippen molar-refractivity contribution in [1.29, 1.82) is 0 Å². The molecule has 8 nitrogen and oxygen atoms in total. The van der Waals surface area contributed by atoms with Gasteiger partial charge < -0.3 is 19.5 Å². The molecule has 1 amide bonds. The Hall–Kier alpha value is -2.89. The van der Waals surface area contributed by atoms with Gasteiger partial charge in [-0.15, -0.1) is 24.0 Å². The molecule has 0 bridgehead atoms. The molecule has 3 heterocycles. The van der Waals surface area contributed by atoms with Crippen LogP contribution in [-0.4, -0.2) is 70.7 Å². The molecule has 1 aliphatic rings. The number of carbonyl (C=O) groups excluding carboxylic acids is 1. The van der Waals surface area contributed by atoms with E-state index in [0.29, 0.717) is 44.9 Å². The molecule has 1 saturated heterocycles. The maximum atomic E-state index is 13.1. The summed E-state index contributed by atoms with van der Waals surface area (Å²) < 4.78 is 20.1. The van der Waals surface area contributed by atoms with Crippen molar-refractivity contribution in [2.75, 3.05) is 39.3 Å². The van der Waals surface area contributed by atoms with Crippen LogP contribution in [0.15, 0.2) is 64.3 Å². The molecule has 1 fully saturated rings. The summed E-state index contributed by atoms with van der Waals surface area (Å²) in [5, 5.41) is 7.90. The summed E-state index contributed by atoms with van der Waals surface area (Å²) in [4.78, 5) is 21.2. The van der Waals surface area contributed by atoms with Gasteiger partial charge in [-0.25, -0.2) is 9.07 Å². The van der Waals surface area contributed by atoms with Crippen molar-refractivity contribution < 1.29 is 13.6 Å². The number of furan rings is 1. The molecule has 176 valence electrons. The van der Waals surface area contributed by atoms with Crippen LogP contribution in [0.1, 0.15) is 23.2 Å². The van der Waals surface area contributed by atoms with E-state index in [4.69, 9.17) is 9.41 Å². The van der Waals surface area contributed by atoms with Gasteiger partial charge in [0.1, 0.15) is 5.82 Å². The van der Waals surface area contributed by atoms with E-state index < -0.39 is 0 Å². The van der Waals surface area contributed by atoms with Crippen molar-refractivity contribution in [1.82, 2.24) is 24.9 Å². The lowest BCUT2D eigenvalue weighted by molar-refractivity contribution is 0.0657. The molecular weight excluding hydrogens is 538 g/mol. The van der Waals surface area contributed by atoms with Crippen LogP contribution in [0.25, 0.3) is 5.69 Å². The maximum Gasteiger partial charge on any atom is 0.289 e. The van der Waals surface area contributed by atoms with Crippen LogP contribution in [0.5, 0.6) is 0 Å². The molecule has 0 aliphatic carbocycles. The topological polar surface area (TPSA) is 78.9 Å². The van der Waals surface area contributed by atoms with Gasteiger partial charge in [0.15, 0.2) is 11.7 Å². The third-order valence-electron chi connectivity index (χ3n) is 5.30. The second-order valence-corrected chi connectivity index (χ2v) is 7.47. The number of hydrogen-bond donors (Lipinski definition) is 1. The van der Waals surface area contributed by atoms with Crippen molar-refractivity contribution in [3.8, 4) is 5.69 Å². The fourth-order valence-electron chi connectivity index (χ4n) is 3.61. The zero-order chi connectivity index (χ0) is 22.3. The van der Waals surface area contributed by atoms with E-state index in [1.54, 1.807) is 33.8 Å². The van der Waals surface area contributed by atoms with E-state index in [0.717, 1.165) is 23.9 Å². The number of guanidine groups is 1. The minimum atomic E-state index is -0.266. The predicted molar refractivity (Wildman–Crippen MR) is 135 cm³/mol. The van der Waals surface area contributed by atoms with Gasteiger partial charge in [0.2, 0.25) is 0 Å². The summed E-state index contributed by atoms with van der Waals surface area (Å²) in [6, 6.07) is 11.6. The molecule has 1 N–H and O–H groups in total. The maximum absolute atomic E-state index is 13.1. The highest BCUT2D eigenvalue weighted by Gasteiger charge is 2.25. The van der Waals surface area contributed by atoms with E-state index in [9.17, 15) is 9.18 Å². The Morgan fingerprint density at radius 1 is 1.12 bits per heavy atom. The van der Waals surface area contributed by atoms with E-state index in [-0.39, 0.29) is 35.7 Å². The molecule has 10 heteroatoms. The van der Waals surface area contributed by atoms with Gasteiger partial charge in [0.25, 0.3) is 5.91 Å². The Labute approximate surface area is 209 Å². The smallest absolute Gasteiger partial charge is 0.289 e. The molecule has 0 atom stereocenters. The van der Waals surface area contributed by atoms with Crippen LogP contribution in [-0.2, 0) is 6.42 Å². The standard InChI is InChI=1S/C23H27FN6O2.HI/c1-2-25-23(29-15-13-28(14-16-29)22(31)21-4-3-17-32-21)26-11-9-19-10-12-30(27-19)20-7-5-18(24)6-8-20;/h3-8,10,12,17H,2,9,11,13-16H2,1H3,(H,25,26);1H. The largest absolute Gasteiger partial charge is 0.459 e. The number of hydrogen-bond acceptors (Lipinski definition) is 4. The molecule has 0 radical (unpaired) electrons.